The van der Waals surface area contributed by atoms with Crippen molar-refractivity contribution in [3.8, 4) is 11.5 Å². The molecule has 1 aromatic carbocycles. The van der Waals surface area contributed by atoms with E-state index in [4.69, 9.17) is 14.6 Å². The minimum Gasteiger partial charge on any atom is -0.494 e. The maximum Gasteiger partial charge on any atom is 0.344 e. The maximum atomic E-state index is 10.8. The molecule has 0 fully saturated rings. The van der Waals surface area contributed by atoms with Crippen LogP contribution in [0, 0.1) is 0 Å². The van der Waals surface area contributed by atoms with Crippen LogP contribution in [0.2, 0.25) is 0 Å². The average molecular weight is 224 g/mol. The summed E-state index contributed by atoms with van der Waals surface area (Å²) in [6, 6.07) is 6.98. The van der Waals surface area contributed by atoms with Gasteiger partial charge in [-0.25, -0.2) is 4.79 Å². The quantitative estimate of drug-likeness (QED) is 0.805. The van der Waals surface area contributed by atoms with E-state index in [0.29, 0.717) is 24.5 Å². The van der Waals surface area contributed by atoms with E-state index in [-0.39, 0.29) is 0 Å². The Morgan fingerprint density at radius 2 is 2.06 bits per heavy atom. The fraction of sp³-hybridized carbons (Fsp3) is 0.417. The van der Waals surface area contributed by atoms with Gasteiger partial charge >= 0.3 is 5.97 Å². The molecule has 0 amide bonds. The van der Waals surface area contributed by atoms with Crippen LogP contribution in [0.1, 0.15) is 20.3 Å². The first-order valence-electron chi connectivity index (χ1n) is 5.29. The molecule has 1 unspecified atom stereocenters. The zero-order valence-corrected chi connectivity index (χ0v) is 9.47. The van der Waals surface area contributed by atoms with Crippen LogP contribution in [0.4, 0.5) is 0 Å². The van der Waals surface area contributed by atoms with Crippen molar-refractivity contribution in [3.05, 3.63) is 24.3 Å². The molecular formula is C12H16O4. The molecule has 1 atom stereocenters. The highest BCUT2D eigenvalue weighted by Crippen LogP contribution is 2.21. The molecule has 0 saturated heterocycles. The number of hydrogen-bond acceptors (Lipinski definition) is 3. The summed E-state index contributed by atoms with van der Waals surface area (Å²) in [5, 5.41) is 8.85. The largest absolute Gasteiger partial charge is 0.494 e. The van der Waals surface area contributed by atoms with Gasteiger partial charge in [-0.3, -0.25) is 0 Å². The molecule has 1 rings (SSSR count). The summed E-state index contributed by atoms with van der Waals surface area (Å²) in [7, 11) is 0. The number of carbonyl (C=O) groups is 1. The number of carboxylic acids is 1. The molecule has 0 aromatic heterocycles. The fourth-order valence-corrected chi connectivity index (χ4v) is 1.28. The van der Waals surface area contributed by atoms with E-state index in [1.807, 2.05) is 6.92 Å². The number of benzene rings is 1. The molecule has 0 bridgehead atoms. The summed E-state index contributed by atoms with van der Waals surface area (Å²) in [5.41, 5.74) is 0. The predicted octanol–water partition coefficient (Wildman–Crippen LogP) is 2.33. The van der Waals surface area contributed by atoms with Crippen molar-refractivity contribution in [1.82, 2.24) is 0 Å². The molecule has 1 aromatic rings. The second kappa shape index (κ2) is 6.00. The Hall–Kier alpha value is -1.71. The Morgan fingerprint density at radius 1 is 1.38 bits per heavy atom. The van der Waals surface area contributed by atoms with Crippen LogP contribution in [0.25, 0.3) is 0 Å². The van der Waals surface area contributed by atoms with E-state index >= 15 is 0 Å². The van der Waals surface area contributed by atoms with Crippen molar-refractivity contribution in [2.24, 2.45) is 0 Å². The van der Waals surface area contributed by atoms with Gasteiger partial charge in [0.1, 0.15) is 11.5 Å². The van der Waals surface area contributed by atoms with Gasteiger partial charge in [0.25, 0.3) is 0 Å². The smallest absolute Gasteiger partial charge is 0.344 e. The van der Waals surface area contributed by atoms with Gasteiger partial charge in [0.2, 0.25) is 0 Å². The van der Waals surface area contributed by atoms with Crippen molar-refractivity contribution in [3.63, 3.8) is 0 Å². The first-order valence-corrected chi connectivity index (χ1v) is 5.29. The van der Waals surface area contributed by atoms with Gasteiger partial charge in [-0.15, -0.1) is 0 Å². The highest BCUT2D eigenvalue weighted by Gasteiger charge is 2.16. The fourth-order valence-electron chi connectivity index (χ4n) is 1.28. The second-order valence-electron chi connectivity index (χ2n) is 3.26. The number of aliphatic carboxylic acids is 1. The van der Waals surface area contributed by atoms with Gasteiger partial charge in [0.15, 0.2) is 6.10 Å². The van der Waals surface area contributed by atoms with E-state index < -0.39 is 12.1 Å². The Labute approximate surface area is 94.8 Å². The monoisotopic (exact) mass is 224 g/mol. The Balaban J connectivity index is 2.72. The molecule has 4 nitrogen and oxygen atoms in total. The summed E-state index contributed by atoms with van der Waals surface area (Å²) in [6.07, 6.45) is -0.384. The minimum absolute atomic E-state index is 0.425. The lowest BCUT2D eigenvalue weighted by Gasteiger charge is -2.13. The third-order valence-electron chi connectivity index (χ3n) is 2.04. The Bertz CT molecular complexity index is 349. The van der Waals surface area contributed by atoms with Gasteiger partial charge in [0.05, 0.1) is 6.61 Å². The van der Waals surface area contributed by atoms with Gasteiger partial charge < -0.3 is 14.6 Å². The predicted molar refractivity (Wildman–Crippen MR) is 60.0 cm³/mol. The van der Waals surface area contributed by atoms with Crippen LogP contribution in [-0.2, 0) is 4.79 Å². The Morgan fingerprint density at radius 3 is 2.62 bits per heavy atom. The first kappa shape index (κ1) is 12.4. The molecule has 0 radical (unpaired) electrons. The van der Waals surface area contributed by atoms with E-state index in [2.05, 4.69) is 0 Å². The molecular weight excluding hydrogens is 208 g/mol. The zero-order valence-electron chi connectivity index (χ0n) is 9.47. The van der Waals surface area contributed by atoms with Crippen LogP contribution in [0.5, 0.6) is 11.5 Å². The normalized spacial score (nSPS) is 11.9. The summed E-state index contributed by atoms with van der Waals surface area (Å²) in [4.78, 5) is 10.8. The van der Waals surface area contributed by atoms with Crippen LogP contribution >= 0.6 is 0 Å². The minimum atomic E-state index is -0.954. The molecule has 0 aliphatic carbocycles. The highest BCUT2D eigenvalue weighted by atomic mass is 16.5. The molecule has 16 heavy (non-hydrogen) atoms. The lowest BCUT2D eigenvalue weighted by atomic mass is 10.2. The third-order valence-corrected chi connectivity index (χ3v) is 2.04. The standard InChI is InChI=1S/C12H16O4/c1-3-11(12(13)14)16-10-7-5-6-9(8-10)15-4-2/h5-8,11H,3-4H2,1-2H3,(H,13,14). The van der Waals surface area contributed by atoms with Crippen LogP contribution in [0.3, 0.4) is 0 Å². The highest BCUT2D eigenvalue weighted by molar-refractivity contribution is 5.72. The van der Waals surface area contributed by atoms with Gasteiger partial charge in [-0.2, -0.15) is 0 Å². The molecule has 4 heteroatoms. The van der Waals surface area contributed by atoms with Crippen LogP contribution in [-0.4, -0.2) is 23.8 Å². The second-order valence-corrected chi connectivity index (χ2v) is 3.26. The molecule has 0 spiro atoms. The number of ether oxygens (including phenoxy) is 2. The first-order chi connectivity index (χ1) is 7.67. The summed E-state index contributed by atoms with van der Waals surface area (Å²) >= 11 is 0. The summed E-state index contributed by atoms with van der Waals surface area (Å²) in [6.45, 7) is 4.23. The molecule has 0 aliphatic rings. The Kier molecular flexibility index (Phi) is 4.64. The molecule has 1 N–H and O–H groups in total. The molecule has 0 heterocycles. The van der Waals surface area contributed by atoms with E-state index in [0.717, 1.165) is 0 Å². The maximum absolute atomic E-state index is 10.8. The van der Waals surface area contributed by atoms with Crippen molar-refractivity contribution >= 4 is 5.97 Å². The lowest BCUT2D eigenvalue weighted by molar-refractivity contribution is -0.145. The van der Waals surface area contributed by atoms with E-state index in [9.17, 15) is 4.79 Å². The number of hydrogen-bond donors (Lipinski definition) is 1. The number of carboxylic acid groups (broad SMARTS) is 1. The topological polar surface area (TPSA) is 55.8 Å². The van der Waals surface area contributed by atoms with Crippen molar-refractivity contribution in [2.45, 2.75) is 26.4 Å². The molecule has 0 saturated carbocycles. The van der Waals surface area contributed by atoms with Crippen LogP contribution in [0.15, 0.2) is 24.3 Å². The zero-order chi connectivity index (χ0) is 12.0. The SMILES string of the molecule is CCOc1cccc(OC(CC)C(=O)O)c1. The lowest BCUT2D eigenvalue weighted by Crippen LogP contribution is -2.25. The molecule has 0 aliphatic heterocycles. The van der Waals surface area contributed by atoms with E-state index in [1.165, 1.54) is 0 Å². The average Bonchev–Trinajstić information content (AvgIpc) is 2.26. The summed E-state index contributed by atoms with van der Waals surface area (Å²) in [5.74, 6) is 0.241. The van der Waals surface area contributed by atoms with Crippen molar-refractivity contribution < 1.29 is 19.4 Å². The van der Waals surface area contributed by atoms with Gasteiger partial charge in [-0.05, 0) is 25.5 Å². The van der Waals surface area contributed by atoms with Crippen molar-refractivity contribution in [1.29, 1.82) is 0 Å². The van der Waals surface area contributed by atoms with Gasteiger partial charge in [0, 0.05) is 6.07 Å². The van der Waals surface area contributed by atoms with Crippen LogP contribution < -0.4 is 9.47 Å². The number of rotatable bonds is 6. The van der Waals surface area contributed by atoms with E-state index in [1.54, 1.807) is 31.2 Å². The summed E-state index contributed by atoms with van der Waals surface area (Å²) < 4.78 is 10.6. The van der Waals surface area contributed by atoms with Crippen molar-refractivity contribution in [2.75, 3.05) is 6.61 Å². The third kappa shape index (κ3) is 3.46. The molecule has 88 valence electrons. The van der Waals surface area contributed by atoms with Gasteiger partial charge in [-0.1, -0.05) is 13.0 Å².